The smallest absolute Gasteiger partial charge is 0.202 e. The SMILES string of the molecule is Cc1nn(C)c(Cl)c1CC(=O)c1ccc(CN)o1. The number of aromatic nitrogens is 2. The van der Waals surface area contributed by atoms with E-state index >= 15 is 0 Å². The van der Waals surface area contributed by atoms with Crippen molar-refractivity contribution in [2.45, 2.75) is 19.9 Å². The summed E-state index contributed by atoms with van der Waals surface area (Å²) >= 11 is 6.08. The highest BCUT2D eigenvalue weighted by Gasteiger charge is 2.18. The molecule has 0 bridgehead atoms. The van der Waals surface area contributed by atoms with E-state index in [2.05, 4.69) is 5.10 Å². The van der Waals surface area contributed by atoms with Crippen molar-refractivity contribution in [1.29, 1.82) is 0 Å². The third-order valence-corrected chi connectivity index (χ3v) is 3.22. The molecule has 0 aliphatic carbocycles. The van der Waals surface area contributed by atoms with Crippen molar-refractivity contribution in [1.82, 2.24) is 9.78 Å². The van der Waals surface area contributed by atoms with Gasteiger partial charge in [-0.3, -0.25) is 9.48 Å². The maximum atomic E-state index is 12.0. The Bertz CT molecular complexity index is 586. The summed E-state index contributed by atoms with van der Waals surface area (Å²) in [5.74, 6) is 0.759. The van der Waals surface area contributed by atoms with Gasteiger partial charge in [0.25, 0.3) is 0 Å². The van der Waals surface area contributed by atoms with Gasteiger partial charge < -0.3 is 10.2 Å². The number of furan rings is 1. The first-order valence-electron chi connectivity index (χ1n) is 5.53. The number of aryl methyl sites for hydroxylation is 2. The minimum atomic E-state index is -0.132. The number of carbonyl (C=O) groups is 1. The van der Waals surface area contributed by atoms with Gasteiger partial charge >= 0.3 is 0 Å². The number of ketones is 1. The summed E-state index contributed by atoms with van der Waals surface area (Å²) in [6, 6.07) is 3.33. The molecule has 2 N–H and O–H groups in total. The summed E-state index contributed by atoms with van der Waals surface area (Å²) in [6.45, 7) is 2.10. The van der Waals surface area contributed by atoms with E-state index in [1.807, 2.05) is 6.92 Å². The van der Waals surface area contributed by atoms with Crippen LogP contribution in [0.1, 0.15) is 27.6 Å². The average molecular weight is 268 g/mol. The molecule has 0 spiro atoms. The lowest BCUT2D eigenvalue weighted by Gasteiger charge is -1.98. The van der Waals surface area contributed by atoms with Gasteiger partial charge in [0.2, 0.25) is 5.78 Å². The molecule has 5 nitrogen and oxygen atoms in total. The summed E-state index contributed by atoms with van der Waals surface area (Å²) in [6.07, 6.45) is 0.177. The molecule has 0 atom stereocenters. The normalized spacial score (nSPS) is 10.9. The first-order chi connectivity index (χ1) is 8.52. The number of nitrogens with zero attached hydrogens (tertiary/aromatic N) is 2. The third kappa shape index (κ3) is 2.32. The Kier molecular flexibility index (Phi) is 3.54. The van der Waals surface area contributed by atoms with Crippen LogP contribution in [0, 0.1) is 6.92 Å². The quantitative estimate of drug-likeness (QED) is 0.858. The minimum absolute atomic E-state index is 0.132. The monoisotopic (exact) mass is 267 g/mol. The molecule has 0 amide bonds. The van der Waals surface area contributed by atoms with Crippen LogP contribution >= 0.6 is 11.6 Å². The largest absolute Gasteiger partial charge is 0.457 e. The van der Waals surface area contributed by atoms with Crippen LogP contribution in [0.15, 0.2) is 16.5 Å². The van der Waals surface area contributed by atoms with Crippen LogP contribution in [-0.4, -0.2) is 15.6 Å². The van der Waals surface area contributed by atoms with E-state index in [0.29, 0.717) is 16.7 Å². The van der Waals surface area contributed by atoms with Gasteiger partial charge in [-0.2, -0.15) is 5.10 Å². The molecule has 0 aliphatic rings. The molecule has 0 saturated heterocycles. The molecule has 6 heteroatoms. The van der Waals surface area contributed by atoms with Gasteiger partial charge in [-0.1, -0.05) is 11.6 Å². The standard InChI is InChI=1S/C12H14ClN3O2/c1-7-9(12(13)16(2)15-7)5-10(17)11-4-3-8(6-14)18-11/h3-4H,5-6,14H2,1-2H3. The lowest BCUT2D eigenvalue weighted by atomic mass is 10.1. The molecule has 0 saturated carbocycles. The fourth-order valence-corrected chi connectivity index (χ4v) is 2.00. The molecule has 0 unspecified atom stereocenters. The maximum absolute atomic E-state index is 12.0. The minimum Gasteiger partial charge on any atom is -0.457 e. The first-order valence-corrected chi connectivity index (χ1v) is 5.90. The highest BCUT2D eigenvalue weighted by Crippen LogP contribution is 2.21. The van der Waals surface area contributed by atoms with Crippen molar-refractivity contribution in [2.75, 3.05) is 0 Å². The number of hydrogen-bond acceptors (Lipinski definition) is 4. The van der Waals surface area contributed by atoms with E-state index in [-0.39, 0.29) is 18.7 Å². The Morgan fingerprint density at radius 1 is 1.56 bits per heavy atom. The predicted molar refractivity (Wildman–Crippen MR) is 67.6 cm³/mol. The maximum Gasteiger partial charge on any atom is 0.202 e. The molecule has 0 fully saturated rings. The summed E-state index contributed by atoms with van der Waals surface area (Å²) in [7, 11) is 1.74. The lowest BCUT2D eigenvalue weighted by molar-refractivity contribution is 0.0964. The molecule has 18 heavy (non-hydrogen) atoms. The van der Waals surface area contributed by atoms with E-state index < -0.39 is 0 Å². The molecular weight excluding hydrogens is 254 g/mol. The van der Waals surface area contributed by atoms with Crippen LogP contribution in [0.3, 0.4) is 0 Å². The van der Waals surface area contributed by atoms with Crippen LogP contribution in [0.5, 0.6) is 0 Å². The Labute approximate surface area is 110 Å². The molecule has 96 valence electrons. The van der Waals surface area contributed by atoms with Gasteiger partial charge in [-0.25, -0.2) is 0 Å². The molecule has 0 radical (unpaired) electrons. The molecule has 2 heterocycles. The van der Waals surface area contributed by atoms with Crippen LogP contribution in [-0.2, 0) is 20.0 Å². The van der Waals surface area contributed by atoms with Crippen molar-refractivity contribution < 1.29 is 9.21 Å². The number of carbonyl (C=O) groups excluding carboxylic acids is 1. The summed E-state index contributed by atoms with van der Waals surface area (Å²) in [4.78, 5) is 12.0. The zero-order valence-electron chi connectivity index (χ0n) is 10.2. The first kappa shape index (κ1) is 12.9. The lowest BCUT2D eigenvalue weighted by Crippen LogP contribution is -2.03. The van der Waals surface area contributed by atoms with Gasteiger partial charge in [0, 0.05) is 19.0 Å². The Morgan fingerprint density at radius 2 is 2.28 bits per heavy atom. The van der Waals surface area contributed by atoms with Crippen LogP contribution < -0.4 is 5.73 Å². The van der Waals surface area contributed by atoms with Crippen LogP contribution in [0.4, 0.5) is 0 Å². The fraction of sp³-hybridized carbons (Fsp3) is 0.333. The van der Waals surface area contributed by atoms with E-state index in [9.17, 15) is 4.79 Å². The molecule has 2 aromatic heterocycles. The predicted octanol–water partition coefficient (Wildman–Crippen LogP) is 1.86. The van der Waals surface area contributed by atoms with Crippen molar-refractivity contribution in [3.8, 4) is 0 Å². The van der Waals surface area contributed by atoms with E-state index in [1.54, 1.807) is 23.9 Å². The number of halogens is 1. The Hall–Kier alpha value is -1.59. The van der Waals surface area contributed by atoms with Gasteiger partial charge in [0.05, 0.1) is 12.2 Å². The zero-order chi connectivity index (χ0) is 13.3. The van der Waals surface area contributed by atoms with E-state index in [0.717, 1.165) is 11.3 Å². The molecule has 0 aliphatic heterocycles. The summed E-state index contributed by atoms with van der Waals surface area (Å²) in [5, 5.41) is 4.64. The average Bonchev–Trinajstić information content (AvgIpc) is 2.90. The Balaban J connectivity index is 2.21. The topological polar surface area (TPSA) is 74.0 Å². The van der Waals surface area contributed by atoms with Crippen LogP contribution in [0.2, 0.25) is 5.15 Å². The van der Waals surface area contributed by atoms with Gasteiger partial charge in [0.15, 0.2) is 5.76 Å². The summed E-state index contributed by atoms with van der Waals surface area (Å²) in [5.41, 5.74) is 6.91. The second-order valence-corrected chi connectivity index (χ2v) is 4.41. The van der Waals surface area contributed by atoms with Gasteiger partial charge in [0.1, 0.15) is 10.9 Å². The van der Waals surface area contributed by atoms with E-state index in [1.165, 1.54) is 0 Å². The highest BCUT2D eigenvalue weighted by molar-refractivity contribution is 6.30. The zero-order valence-corrected chi connectivity index (χ0v) is 11.0. The third-order valence-electron chi connectivity index (χ3n) is 2.74. The van der Waals surface area contributed by atoms with Gasteiger partial charge in [-0.15, -0.1) is 0 Å². The molecule has 0 aromatic carbocycles. The number of hydrogen-bond donors (Lipinski definition) is 1. The molecule has 2 aromatic rings. The summed E-state index contributed by atoms with van der Waals surface area (Å²) < 4.78 is 6.86. The van der Waals surface area contributed by atoms with E-state index in [4.69, 9.17) is 21.8 Å². The van der Waals surface area contributed by atoms with Crippen molar-refractivity contribution in [2.24, 2.45) is 12.8 Å². The van der Waals surface area contributed by atoms with Crippen molar-refractivity contribution in [3.63, 3.8) is 0 Å². The molecule has 2 rings (SSSR count). The van der Waals surface area contributed by atoms with Crippen molar-refractivity contribution >= 4 is 17.4 Å². The van der Waals surface area contributed by atoms with Crippen molar-refractivity contribution in [3.05, 3.63) is 40.1 Å². The number of rotatable bonds is 4. The second kappa shape index (κ2) is 4.96. The molecular formula is C12H14ClN3O2. The number of nitrogens with two attached hydrogens (primary N) is 1. The fourth-order valence-electron chi connectivity index (χ4n) is 1.76. The Morgan fingerprint density at radius 3 is 2.78 bits per heavy atom. The number of Topliss-reactive ketones (excluding diaryl/α,β-unsaturated/α-hetero) is 1. The van der Waals surface area contributed by atoms with Gasteiger partial charge in [-0.05, 0) is 19.1 Å². The second-order valence-electron chi connectivity index (χ2n) is 4.05. The van der Waals surface area contributed by atoms with Crippen LogP contribution in [0.25, 0.3) is 0 Å². The highest BCUT2D eigenvalue weighted by atomic mass is 35.5.